The van der Waals surface area contributed by atoms with E-state index < -0.39 is 6.10 Å². The van der Waals surface area contributed by atoms with Gasteiger partial charge >= 0.3 is 5.69 Å². The number of aryl methyl sites for hydroxylation is 1. The highest BCUT2D eigenvalue weighted by Gasteiger charge is 2.14. The third kappa shape index (κ3) is 2.42. The van der Waals surface area contributed by atoms with E-state index in [4.69, 9.17) is 0 Å². The van der Waals surface area contributed by atoms with Gasteiger partial charge in [0.25, 0.3) is 0 Å². The second-order valence-corrected chi connectivity index (χ2v) is 4.98. The van der Waals surface area contributed by atoms with E-state index in [2.05, 4.69) is 23.8 Å². The van der Waals surface area contributed by atoms with Crippen molar-refractivity contribution >= 4 is 11.0 Å². The molecule has 0 amide bonds. The van der Waals surface area contributed by atoms with Crippen molar-refractivity contribution in [2.24, 2.45) is 5.92 Å². The van der Waals surface area contributed by atoms with Crippen LogP contribution in [0.5, 0.6) is 0 Å². The first kappa shape index (κ1) is 11.9. The first-order valence-electron chi connectivity index (χ1n) is 5.88. The summed E-state index contributed by atoms with van der Waals surface area (Å²) in [5.41, 5.74) is 3.21. The molecule has 0 aliphatic carbocycles. The first-order valence-corrected chi connectivity index (χ1v) is 5.88. The van der Waals surface area contributed by atoms with Gasteiger partial charge in [0, 0.05) is 0 Å². The Balaban J connectivity index is 2.46. The summed E-state index contributed by atoms with van der Waals surface area (Å²) in [5.74, 6) is 0.436. The maximum atomic E-state index is 11.2. The average Bonchev–Trinajstić information content (AvgIpc) is 2.54. The molecule has 1 atom stereocenters. The molecule has 1 aromatic carbocycles. The van der Waals surface area contributed by atoms with Crippen molar-refractivity contribution in [1.82, 2.24) is 9.97 Å². The van der Waals surface area contributed by atoms with E-state index in [9.17, 15) is 9.90 Å². The standard InChI is InChI=1S/C13H18N2O2/c1-7(2)4-12(16)9-6-11-10(5-8(9)3)14-13(17)15-11/h5-7,12,16H,4H2,1-3H3,(H2,14,15,17). The molecule has 2 aromatic rings. The second-order valence-electron chi connectivity index (χ2n) is 4.98. The predicted molar refractivity (Wildman–Crippen MR) is 68.1 cm³/mol. The van der Waals surface area contributed by atoms with Crippen LogP contribution in [0.1, 0.15) is 37.5 Å². The van der Waals surface area contributed by atoms with Crippen molar-refractivity contribution in [3.8, 4) is 0 Å². The molecule has 0 aliphatic heterocycles. The van der Waals surface area contributed by atoms with Crippen LogP contribution in [0.4, 0.5) is 0 Å². The van der Waals surface area contributed by atoms with Crippen LogP contribution in [0.15, 0.2) is 16.9 Å². The van der Waals surface area contributed by atoms with Crippen molar-refractivity contribution in [2.75, 3.05) is 0 Å². The van der Waals surface area contributed by atoms with Crippen LogP contribution in [0.3, 0.4) is 0 Å². The van der Waals surface area contributed by atoms with Gasteiger partial charge < -0.3 is 15.1 Å². The summed E-state index contributed by atoms with van der Waals surface area (Å²) in [5, 5.41) is 10.1. The largest absolute Gasteiger partial charge is 0.388 e. The number of benzene rings is 1. The Morgan fingerprint density at radius 1 is 1.24 bits per heavy atom. The third-order valence-corrected chi connectivity index (χ3v) is 2.96. The lowest BCUT2D eigenvalue weighted by molar-refractivity contribution is 0.150. The molecule has 0 radical (unpaired) electrons. The number of rotatable bonds is 3. The molecule has 0 spiro atoms. The Kier molecular flexibility index (Phi) is 3.07. The molecule has 17 heavy (non-hydrogen) atoms. The van der Waals surface area contributed by atoms with E-state index in [1.54, 1.807) is 0 Å². The molecule has 1 aromatic heterocycles. The highest BCUT2D eigenvalue weighted by molar-refractivity contribution is 5.76. The van der Waals surface area contributed by atoms with Crippen molar-refractivity contribution in [3.05, 3.63) is 33.7 Å². The van der Waals surface area contributed by atoms with E-state index in [1.165, 1.54) is 0 Å². The maximum Gasteiger partial charge on any atom is 0.323 e. The number of aliphatic hydroxyl groups excluding tert-OH is 1. The molecule has 1 unspecified atom stereocenters. The van der Waals surface area contributed by atoms with Crippen LogP contribution in [0, 0.1) is 12.8 Å². The maximum absolute atomic E-state index is 11.2. The van der Waals surface area contributed by atoms with E-state index >= 15 is 0 Å². The Morgan fingerprint density at radius 3 is 2.41 bits per heavy atom. The minimum atomic E-state index is -0.474. The van der Waals surface area contributed by atoms with Crippen LogP contribution in [-0.2, 0) is 0 Å². The molecular formula is C13H18N2O2. The SMILES string of the molecule is Cc1cc2[nH]c(=O)[nH]c2cc1C(O)CC(C)C. The highest BCUT2D eigenvalue weighted by Crippen LogP contribution is 2.26. The van der Waals surface area contributed by atoms with Gasteiger partial charge in [0.05, 0.1) is 17.1 Å². The van der Waals surface area contributed by atoms with Crippen molar-refractivity contribution in [2.45, 2.75) is 33.3 Å². The number of aliphatic hydroxyl groups is 1. The zero-order valence-electron chi connectivity index (χ0n) is 10.4. The Bertz CT molecular complexity index is 581. The fraction of sp³-hybridized carbons (Fsp3) is 0.462. The summed E-state index contributed by atoms with van der Waals surface area (Å²) in [7, 11) is 0. The minimum absolute atomic E-state index is 0.213. The van der Waals surface area contributed by atoms with Gasteiger partial charge in [-0.2, -0.15) is 0 Å². The molecule has 92 valence electrons. The summed E-state index contributed by atoms with van der Waals surface area (Å²) in [4.78, 5) is 16.6. The monoisotopic (exact) mass is 234 g/mol. The van der Waals surface area contributed by atoms with Gasteiger partial charge in [0.2, 0.25) is 0 Å². The van der Waals surface area contributed by atoms with Crippen LogP contribution in [-0.4, -0.2) is 15.1 Å². The minimum Gasteiger partial charge on any atom is -0.388 e. The number of H-pyrrole nitrogens is 2. The van der Waals surface area contributed by atoms with Gasteiger partial charge in [0.15, 0.2) is 0 Å². The molecule has 0 fully saturated rings. The quantitative estimate of drug-likeness (QED) is 0.762. The lowest BCUT2D eigenvalue weighted by atomic mass is 9.96. The third-order valence-electron chi connectivity index (χ3n) is 2.96. The average molecular weight is 234 g/mol. The molecule has 2 rings (SSSR count). The van der Waals surface area contributed by atoms with E-state index in [-0.39, 0.29) is 5.69 Å². The van der Waals surface area contributed by atoms with Crippen LogP contribution in [0.2, 0.25) is 0 Å². The summed E-state index contributed by atoms with van der Waals surface area (Å²) in [6.07, 6.45) is 0.249. The van der Waals surface area contributed by atoms with Crippen molar-refractivity contribution in [1.29, 1.82) is 0 Å². The summed E-state index contributed by atoms with van der Waals surface area (Å²) in [6, 6.07) is 3.75. The molecule has 0 saturated heterocycles. The lowest BCUT2D eigenvalue weighted by Gasteiger charge is -2.15. The zero-order chi connectivity index (χ0) is 12.6. The number of hydrogen-bond donors (Lipinski definition) is 3. The number of nitrogens with one attached hydrogen (secondary N) is 2. The van der Waals surface area contributed by atoms with Crippen LogP contribution >= 0.6 is 0 Å². The van der Waals surface area contributed by atoms with Crippen molar-refractivity contribution in [3.63, 3.8) is 0 Å². The number of fused-ring (bicyclic) bond motifs is 1. The summed E-state index contributed by atoms with van der Waals surface area (Å²) >= 11 is 0. The molecule has 1 heterocycles. The zero-order valence-corrected chi connectivity index (χ0v) is 10.4. The summed E-state index contributed by atoms with van der Waals surface area (Å²) < 4.78 is 0. The molecule has 0 saturated carbocycles. The normalized spacial score (nSPS) is 13.5. The van der Waals surface area contributed by atoms with Crippen LogP contribution in [0.25, 0.3) is 11.0 Å². The molecule has 3 N–H and O–H groups in total. The first-order chi connectivity index (χ1) is 7.97. The van der Waals surface area contributed by atoms with Gasteiger partial charge in [-0.05, 0) is 42.5 Å². The molecule has 0 bridgehead atoms. The van der Waals surface area contributed by atoms with E-state index in [1.807, 2.05) is 19.1 Å². The molecule has 0 aliphatic rings. The van der Waals surface area contributed by atoms with E-state index in [0.29, 0.717) is 5.92 Å². The van der Waals surface area contributed by atoms with Gasteiger partial charge in [-0.25, -0.2) is 4.79 Å². The number of imidazole rings is 1. The smallest absolute Gasteiger partial charge is 0.323 e. The Morgan fingerprint density at radius 2 is 1.82 bits per heavy atom. The van der Waals surface area contributed by atoms with Crippen LogP contribution < -0.4 is 5.69 Å². The van der Waals surface area contributed by atoms with Gasteiger partial charge in [0.1, 0.15) is 0 Å². The fourth-order valence-electron chi connectivity index (χ4n) is 2.14. The van der Waals surface area contributed by atoms with Gasteiger partial charge in [-0.15, -0.1) is 0 Å². The Hall–Kier alpha value is -1.55. The topological polar surface area (TPSA) is 68.9 Å². The lowest BCUT2D eigenvalue weighted by Crippen LogP contribution is -2.04. The predicted octanol–water partition coefficient (Wildman–Crippen LogP) is 2.24. The molecular weight excluding hydrogens is 216 g/mol. The summed E-state index contributed by atoms with van der Waals surface area (Å²) in [6.45, 7) is 6.11. The molecule has 4 heteroatoms. The number of hydrogen-bond acceptors (Lipinski definition) is 2. The number of aromatic amines is 2. The van der Waals surface area contributed by atoms with Crippen molar-refractivity contribution < 1.29 is 5.11 Å². The van der Waals surface area contributed by atoms with E-state index in [0.717, 1.165) is 28.6 Å². The second kappa shape index (κ2) is 4.37. The molecule has 4 nitrogen and oxygen atoms in total. The van der Waals surface area contributed by atoms with Gasteiger partial charge in [-0.1, -0.05) is 13.8 Å². The fourth-order valence-corrected chi connectivity index (χ4v) is 2.14. The van der Waals surface area contributed by atoms with Gasteiger partial charge in [-0.3, -0.25) is 0 Å². The Labute approximate surface area is 99.7 Å². The number of aromatic nitrogens is 2. The highest BCUT2D eigenvalue weighted by atomic mass is 16.3.